The maximum Gasteiger partial charge on any atom is 0.165 e. The molecule has 2 aromatic heterocycles. The molecule has 6 nitrogen and oxygen atoms in total. The van der Waals surface area contributed by atoms with Gasteiger partial charge in [-0.15, -0.1) is 0 Å². The number of piperidine rings is 2. The molecule has 186 valence electrons. The second-order valence-corrected chi connectivity index (χ2v) is 11.6. The van der Waals surface area contributed by atoms with E-state index in [1.165, 1.54) is 59.4 Å². The van der Waals surface area contributed by atoms with Crippen LogP contribution in [-0.2, 0) is 0 Å². The normalized spacial score (nSPS) is 16.4. The number of hydrogen-bond donors (Lipinski definition) is 2. The third-order valence-electron chi connectivity index (χ3n) is 7.05. The van der Waals surface area contributed by atoms with E-state index in [-0.39, 0.29) is 0 Å². The highest BCUT2D eigenvalue weighted by atomic mass is 33.1. The van der Waals surface area contributed by atoms with E-state index in [0.717, 1.165) is 49.2 Å². The summed E-state index contributed by atoms with van der Waals surface area (Å²) in [5.41, 5.74) is 4.53. The molecule has 0 saturated carbocycles. The Morgan fingerprint density at radius 3 is 1.31 bits per heavy atom. The highest BCUT2D eigenvalue weighted by molar-refractivity contribution is 8.76. The van der Waals surface area contributed by atoms with Gasteiger partial charge in [0.05, 0.1) is 21.2 Å². The van der Waals surface area contributed by atoms with Crippen LogP contribution in [0.3, 0.4) is 0 Å². The molecule has 36 heavy (non-hydrogen) atoms. The standard InChI is InChI=1S/C28H32N6S2/c1-5-13-21(14-6-1)23-25(27(31-29-23)33-17-9-3-10-18-33)35-36-26-24(22-15-7-2-8-16-22)30-32-28(26)34-19-11-4-12-20-34/h1-2,5-8,13-16H,3-4,9-12,17-20H2,(H,29,31)(H,30,32). The second kappa shape index (κ2) is 11.0. The Hall–Kier alpha value is -2.84. The van der Waals surface area contributed by atoms with Gasteiger partial charge < -0.3 is 9.80 Å². The van der Waals surface area contributed by atoms with Crippen LogP contribution in [0.1, 0.15) is 38.5 Å². The van der Waals surface area contributed by atoms with Crippen molar-refractivity contribution in [2.75, 3.05) is 36.0 Å². The number of nitrogens with zero attached hydrogens (tertiary/aromatic N) is 4. The van der Waals surface area contributed by atoms with Crippen LogP contribution in [0.25, 0.3) is 22.5 Å². The van der Waals surface area contributed by atoms with Gasteiger partial charge in [0.25, 0.3) is 0 Å². The lowest BCUT2D eigenvalue weighted by atomic mass is 10.1. The van der Waals surface area contributed by atoms with Crippen LogP contribution in [0, 0.1) is 0 Å². The number of benzene rings is 2. The molecule has 0 unspecified atom stereocenters. The summed E-state index contributed by atoms with van der Waals surface area (Å²) < 4.78 is 0. The van der Waals surface area contributed by atoms with Gasteiger partial charge in [-0.2, -0.15) is 10.2 Å². The fraction of sp³-hybridized carbons (Fsp3) is 0.357. The van der Waals surface area contributed by atoms with Crippen LogP contribution in [0.2, 0.25) is 0 Å². The van der Waals surface area contributed by atoms with E-state index in [1.807, 2.05) is 21.6 Å². The summed E-state index contributed by atoms with van der Waals surface area (Å²) >= 11 is 0. The highest BCUT2D eigenvalue weighted by Crippen LogP contribution is 2.50. The highest BCUT2D eigenvalue weighted by Gasteiger charge is 2.26. The maximum absolute atomic E-state index is 4.84. The number of hydrogen-bond acceptors (Lipinski definition) is 6. The summed E-state index contributed by atoms with van der Waals surface area (Å²) in [6.07, 6.45) is 7.51. The van der Waals surface area contributed by atoms with Crippen molar-refractivity contribution in [2.24, 2.45) is 0 Å². The fourth-order valence-electron chi connectivity index (χ4n) is 5.13. The Labute approximate surface area is 220 Å². The topological polar surface area (TPSA) is 63.8 Å². The summed E-state index contributed by atoms with van der Waals surface area (Å²) in [5, 5.41) is 16.4. The third-order valence-corrected chi connectivity index (χ3v) is 9.49. The zero-order valence-corrected chi connectivity index (χ0v) is 22.1. The minimum absolute atomic E-state index is 1.07. The molecule has 0 bridgehead atoms. The lowest BCUT2D eigenvalue weighted by Crippen LogP contribution is -2.30. The van der Waals surface area contributed by atoms with Gasteiger partial charge in [0.15, 0.2) is 11.6 Å². The van der Waals surface area contributed by atoms with Gasteiger partial charge in [0.2, 0.25) is 0 Å². The average molecular weight is 517 g/mol. The lowest BCUT2D eigenvalue weighted by Gasteiger charge is -2.28. The Kier molecular flexibility index (Phi) is 7.23. The van der Waals surface area contributed by atoms with Gasteiger partial charge >= 0.3 is 0 Å². The summed E-state index contributed by atoms with van der Waals surface area (Å²) in [5.74, 6) is 2.16. The first-order valence-electron chi connectivity index (χ1n) is 13.0. The molecule has 2 N–H and O–H groups in total. The van der Waals surface area contributed by atoms with Crippen molar-refractivity contribution >= 4 is 33.2 Å². The van der Waals surface area contributed by atoms with Crippen LogP contribution in [0.5, 0.6) is 0 Å². The summed E-state index contributed by atoms with van der Waals surface area (Å²) in [4.78, 5) is 7.32. The Morgan fingerprint density at radius 2 is 0.917 bits per heavy atom. The number of anilines is 2. The quantitative estimate of drug-likeness (QED) is 0.252. The summed E-state index contributed by atoms with van der Waals surface area (Å²) in [7, 11) is 3.62. The molecule has 6 rings (SSSR count). The van der Waals surface area contributed by atoms with Crippen LogP contribution in [0.15, 0.2) is 70.5 Å². The van der Waals surface area contributed by atoms with Crippen molar-refractivity contribution in [1.82, 2.24) is 20.4 Å². The smallest absolute Gasteiger partial charge is 0.165 e. The van der Waals surface area contributed by atoms with E-state index in [1.54, 1.807) is 0 Å². The number of aromatic nitrogens is 4. The van der Waals surface area contributed by atoms with Crippen molar-refractivity contribution in [3.05, 3.63) is 60.7 Å². The van der Waals surface area contributed by atoms with Gasteiger partial charge in [-0.05, 0) is 60.1 Å². The van der Waals surface area contributed by atoms with Gasteiger partial charge in [0.1, 0.15) is 0 Å². The predicted molar refractivity (Wildman–Crippen MR) is 152 cm³/mol. The molecule has 2 aliphatic rings. The molecule has 0 spiro atoms. The van der Waals surface area contributed by atoms with Gasteiger partial charge in [-0.3, -0.25) is 10.2 Å². The van der Waals surface area contributed by atoms with Gasteiger partial charge in [-0.1, -0.05) is 60.7 Å². The fourth-order valence-corrected chi connectivity index (χ4v) is 7.73. The van der Waals surface area contributed by atoms with E-state index in [2.05, 4.69) is 80.7 Å². The number of aromatic amines is 2. The zero-order chi connectivity index (χ0) is 24.2. The molecule has 2 fully saturated rings. The largest absolute Gasteiger partial charge is 0.354 e. The molecule has 4 aromatic rings. The second-order valence-electron chi connectivity index (χ2n) is 9.50. The molecular weight excluding hydrogens is 484 g/mol. The molecular formula is C28H32N6S2. The summed E-state index contributed by atoms with van der Waals surface area (Å²) in [6, 6.07) is 21.1. The first-order chi connectivity index (χ1) is 17.9. The summed E-state index contributed by atoms with van der Waals surface area (Å²) in [6.45, 7) is 4.27. The SMILES string of the molecule is c1ccc(-c2[nH]nc(N3CCCCC3)c2SSc2c(N3CCCCC3)n[nH]c2-c2ccccc2)cc1. The van der Waals surface area contributed by atoms with E-state index >= 15 is 0 Å². The number of nitrogens with one attached hydrogen (secondary N) is 2. The molecule has 0 atom stereocenters. The monoisotopic (exact) mass is 516 g/mol. The molecule has 4 heterocycles. The van der Waals surface area contributed by atoms with Crippen molar-refractivity contribution in [2.45, 2.75) is 48.3 Å². The van der Waals surface area contributed by atoms with E-state index in [9.17, 15) is 0 Å². The first kappa shape index (κ1) is 23.6. The lowest BCUT2D eigenvalue weighted by molar-refractivity contribution is 0.570. The van der Waals surface area contributed by atoms with E-state index in [4.69, 9.17) is 10.2 Å². The predicted octanol–water partition coefficient (Wildman–Crippen LogP) is 7.25. The minimum Gasteiger partial charge on any atom is -0.354 e. The number of rotatable bonds is 7. The van der Waals surface area contributed by atoms with Crippen molar-refractivity contribution in [3.63, 3.8) is 0 Å². The Morgan fingerprint density at radius 1 is 0.528 bits per heavy atom. The maximum atomic E-state index is 4.84. The Bertz CT molecular complexity index is 1160. The van der Waals surface area contributed by atoms with Crippen LogP contribution in [-0.4, -0.2) is 46.6 Å². The zero-order valence-electron chi connectivity index (χ0n) is 20.4. The third kappa shape index (κ3) is 4.89. The molecule has 8 heteroatoms. The molecule has 0 aliphatic carbocycles. The molecule has 2 aliphatic heterocycles. The molecule has 2 aromatic carbocycles. The van der Waals surface area contributed by atoms with E-state index in [0.29, 0.717) is 0 Å². The van der Waals surface area contributed by atoms with Crippen molar-refractivity contribution in [3.8, 4) is 22.5 Å². The first-order valence-corrected chi connectivity index (χ1v) is 15.2. The average Bonchev–Trinajstić information content (AvgIpc) is 3.58. The van der Waals surface area contributed by atoms with Crippen molar-refractivity contribution < 1.29 is 0 Å². The van der Waals surface area contributed by atoms with Crippen LogP contribution < -0.4 is 9.80 Å². The Balaban J connectivity index is 1.37. The van der Waals surface area contributed by atoms with Crippen LogP contribution >= 0.6 is 21.6 Å². The molecule has 2 saturated heterocycles. The minimum atomic E-state index is 1.07. The molecule has 0 amide bonds. The van der Waals surface area contributed by atoms with Gasteiger partial charge in [0, 0.05) is 37.3 Å². The van der Waals surface area contributed by atoms with E-state index < -0.39 is 0 Å². The van der Waals surface area contributed by atoms with Gasteiger partial charge in [-0.25, -0.2) is 0 Å². The number of H-pyrrole nitrogens is 2. The van der Waals surface area contributed by atoms with Crippen molar-refractivity contribution in [1.29, 1.82) is 0 Å². The molecule has 0 radical (unpaired) electrons. The van der Waals surface area contributed by atoms with Crippen LogP contribution in [0.4, 0.5) is 11.6 Å².